The van der Waals surface area contributed by atoms with Crippen molar-refractivity contribution in [3.05, 3.63) is 131 Å². The first-order valence-corrected chi connectivity index (χ1v) is 16.7. The van der Waals surface area contributed by atoms with E-state index in [-0.39, 0.29) is 0 Å². The van der Waals surface area contributed by atoms with Crippen LogP contribution in [-0.2, 0) is 19.5 Å². The second-order valence-electron chi connectivity index (χ2n) is 13.4. The van der Waals surface area contributed by atoms with Crippen molar-refractivity contribution in [2.45, 2.75) is 58.8 Å². The number of anilines is 2. The van der Waals surface area contributed by atoms with Crippen molar-refractivity contribution in [1.29, 1.82) is 0 Å². The molecule has 2 fully saturated rings. The Morgan fingerprint density at radius 1 is 0.636 bits per heavy atom. The number of hydrogen-bond acceptors (Lipinski definition) is 4. The molecule has 6 rings (SSSR count). The van der Waals surface area contributed by atoms with Gasteiger partial charge in [0, 0.05) is 75.8 Å². The monoisotopic (exact) mass is 586 g/mol. The summed E-state index contributed by atoms with van der Waals surface area (Å²) in [5.41, 5.74) is 8.42. The van der Waals surface area contributed by atoms with Crippen LogP contribution in [0.5, 0.6) is 0 Å². The van der Waals surface area contributed by atoms with Gasteiger partial charge in [-0.2, -0.15) is 0 Å². The Bertz CT molecular complexity index is 1440. The minimum Gasteiger partial charge on any atom is -0.368 e. The zero-order chi connectivity index (χ0) is 30.3. The lowest BCUT2D eigenvalue weighted by Gasteiger charge is -2.45. The molecule has 0 aromatic heterocycles. The summed E-state index contributed by atoms with van der Waals surface area (Å²) in [7, 11) is 0. The van der Waals surface area contributed by atoms with Gasteiger partial charge in [0.25, 0.3) is 0 Å². The Balaban J connectivity index is 1.17. The zero-order valence-corrected chi connectivity index (χ0v) is 27.0. The number of benzene rings is 4. The summed E-state index contributed by atoms with van der Waals surface area (Å²) in [6.45, 7) is 15.6. The molecular weight excluding hydrogens is 536 g/mol. The minimum absolute atomic E-state index is 0.471. The Labute approximate surface area is 265 Å². The van der Waals surface area contributed by atoms with Gasteiger partial charge < -0.3 is 9.80 Å². The third-order valence-corrected chi connectivity index (χ3v) is 9.56. The van der Waals surface area contributed by atoms with Gasteiger partial charge in [0.05, 0.1) is 0 Å². The van der Waals surface area contributed by atoms with Crippen LogP contribution in [0.2, 0.25) is 0 Å². The number of aryl methyl sites for hydroxylation is 1. The molecule has 2 heterocycles. The van der Waals surface area contributed by atoms with E-state index < -0.39 is 0 Å². The summed E-state index contributed by atoms with van der Waals surface area (Å²) in [4.78, 5) is 10.7. The highest BCUT2D eigenvalue weighted by Crippen LogP contribution is 2.32. The van der Waals surface area contributed by atoms with E-state index in [1.54, 1.807) is 0 Å². The maximum Gasteiger partial charge on any atom is 0.0420 e. The average molecular weight is 587 g/mol. The molecule has 0 aliphatic carbocycles. The molecule has 0 saturated carbocycles. The van der Waals surface area contributed by atoms with Crippen molar-refractivity contribution in [3.63, 3.8) is 0 Å². The molecule has 2 aliphatic rings. The van der Waals surface area contributed by atoms with E-state index in [9.17, 15) is 0 Å². The van der Waals surface area contributed by atoms with Gasteiger partial charge in [-0.05, 0) is 66.1 Å². The van der Waals surface area contributed by atoms with E-state index in [2.05, 4.69) is 150 Å². The fourth-order valence-corrected chi connectivity index (χ4v) is 7.38. The molecule has 230 valence electrons. The summed E-state index contributed by atoms with van der Waals surface area (Å²) in [6.07, 6.45) is 2.29. The normalized spacial score (nSPS) is 19.9. The molecule has 4 heteroatoms. The first-order valence-electron chi connectivity index (χ1n) is 16.7. The molecule has 4 aromatic carbocycles. The second-order valence-corrected chi connectivity index (χ2v) is 13.4. The lowest BCUT2D eigenvalue weighted by atomic mass is 9.98. The van der Waals surface area contributed by atoms with Crippen LogP contribution in [-0.4, -0.2) is 61.2 Å². The molecule has 2 aliphatic heterocycles. The second kappa shape index (κ2) is 14.5. The largest absolute Gasteiger partial charge is 0.368 e. The molecule has 44 heavy (non-hydrogen) atoms. The summed E-state index contributed by atoms with van der Waals surface area (Å²) in [5.74, 6) is 0.674. The van der Waals surface area contributed by atoms with Crippen LogP contribution in [0.25, 0.3) is 0 Å². The first kappa shape index (κ1) is 30.4. The van der Waals surface area contributed by atoms with Gasteiger partial charge in [-0.3, -0.25) is 9.80 Å². The van der Waals surface area contributed by atoms with Crippen LogP contribution in [0, 0.1) is 12.8 Å². The van der Waals surface area contributed by atoms with Gasteiger partial charge >= 0.3 is 0 Å². The summed E-state index contributed by atoms with van der Waals surface area (Å²) >= 11 is 0. The molecule has 2 saturated heterocycles. The Kier molecular flexibility index (Phi) is 10.00. The van der Waals surface area contributed by atoms with Crippen molar-refractivity contribution < 1.29 is 0 Å². The van der Waals surface area contributed by atoms with Gasteiger partial charge in [-0.1, -0.05) is 105 Å². The van der Waals surface area contributed by atoms with Crippen LogP contribution in [0.1, 0.15) is 42.5 Å². The number of nitrogens with zero attached hydrogens (tertiary/aromatic N) is 4. The quantitative estimate of drug-likeness (QED) is 0.189. The minimum atomic E-state index is 0.471. The van der Waals surface area contributed by atoms with Crippen LogP contribution in [0.4, 0.5) is 11.4 Å². The number of hydrogen-bond donors (Lipinski definition) is 0. The van der Waals surface area contributed by atoms with E-state index in [0.29, 0.717) is 18.0 Å². The third-order valence-electron chi connectivity index (χ3n) is 9.56. The van der Waals surface area contributed by atoms with E-state index in [4.69, 9.17) is 0 Å². The Hall–Kier alpha value is -3.60. The SMILES string of the molecule is Cc1cc(N2CCN(Cc3ccccc3)C[C@@H]2CC(C)C)ccc1N1CCN(Cc2ccccc2)[C@@H](Cc2ccccc2)C1. The molecule has 0 radical (unpaired) electrons. The van der Waals surface area contributed by atoms with E-state index in [1.165, 1.54) is 40.0 Å². The van der Waals surface area contributed by atoms with Gasteiger partial charge in [0.2, 0.25) is 0 Å². The fourth-order valence-electron chi connectivity index (χ4n) is 7.38. The highest BCUT2D eigenvalue weighted by molar-refractivity contribution is 5.62. The van der Waals surface area contributed by atoms with Crippen molar-refractivity contribution in [2.24, 2.45) is 5.92 Å². The topological polar surface area (TPSA) is 13.0 Å². The molecule has 0 bridgehead atoms. The molecule has 0 N–H and O–H groups in total. The fraction of sp³-hybridized carbons (Fsp3) is 0.400. The standard InChI is InChI=1S/C40H50N4/c1-32(2)25-39-30-41(28-35-15-9-5-10-16-35)21-24-44(39)37-19-20-40(33(3)26-37)43-23-22-42(29-36-17-11-6-12-18-36)38(31-43)27-34-13-7-4-8-14-34/h4-20,26,32,38-39H,21-25,27-31H2,1-3H3/t38-,39-/m0/s1. The van der Waals surface area contributed by atoms with Crippen LogP contribution < -0.4 is 9.80 Å². The number of rotatable bonds is 10. The molecule has 4 aromatic rings. The molecule has 2 atom stereocenters. The van der Waals surface area contributed by atoms with E-state index in [1.807, 2.05) is 0 Å². The van der Waals surface area contributed by atoms with Crippen LogP contribution in [0.15, 0.2) is 109 Å². The Morgan fingerprint density at radius 3 is 1.91 bits per heavy atom. The van der Waals surface area contributed by atoms with E-state index >= 15 is 0 Å². The first-order chi connectivity index (χ1) is 21.5. The molecule has 0 amide bonds. The molecule has 0 spiro atoms. The lowest BCUT2D eigenvalue weighted by molar-refractivity contribution is 0.167. The molecular formula is C40H50N4. The van der Waals surface area contributed by atoms with Gasteiger partial charge in [-0.15, -0.1) is 0 Å². The number of piperazine rings is 2. The van der Waals surface area contributed by atoms with E-state index in [0.717, 1.165) is 58.8 Å². The van der Waals surface area contributed by atoms with Gasteiger partial charge in [-0.25, -0.2) is 0 Å². The highest BCUT2D eigenvalue weighted by Gasteiger charge is 2.30. The van der Waals surface area contributed by atoms with Crippen LogP contribution in [0.3, 0.4) is 0 Å². The van der Waals surface area contributed by atoms with Gasteiger partial charge in [0.15, 0.2) is 0 Å². The van der Waals surface area contributed by atoms with Crippen molar-refractivity contribution >= 4 is 11.4 Å². The van der Waals surface area contributed by atoms with Crippen molar-refractivity contribution in [3.8, 4) is 0 Å². The average Bonchev–Trinajstić information content (AvgIpc) is 3.03. The maximum absolute atomic E-state index is 2.70. The maximum atomic E-state index is 2.70. The predicted molar refractivity (Wildman–Crippen MR) is 186 cm³/mol. The lowest BCUT2D eigenvalue weighted by Crippen LogP contribution is -2.54. The highest BCUT2D eigenvalue weighted by atomic mass is 15.3. The Morgan fingerprint density at radius 2 is 1.27 bits per heavy atom. The van der Waals surface area contributed by atoms with Crippen molar-refractivity contribution in [1.82, 2.24) is 9.80 Å². The van der Waals surface area contributed by atoms with Crippen LogP contribution >= 0.6 is 0 Å². The summed E-state index contributed by atoms with van der Waals surface area (Å²) < 4.78 is 0. The molecule has 0 unspecified atom stereocenters. The summed E-state index contributed by atoms with van der Waals surface area (Å²) in [5, 5.41) is 0. The predicted octanol–water partition coefficient (Wildman–Crippen LogP) is 7.67. The molecule has 4 nitrogen and oxygen atoms in total. The third kappa shape index (κ3) is 7.72. The zero-order valence-electron chi connectivity index (χ0n) is 27.0. The van der Waals surface area contributed by atoms with Gasteiger partial charge in [0.1, 0.15) is 0 Å². The summed E-state index contributed by atoms with van der Waals surface area (Å²) in [6, 6.07) is 41.3. The van der Waals surface area contributed by atoms with Crippen molar-refractivity contribution in [2.75, 3.05) is 49.1 Å². The smallest absolute Gasteiger partial charge is 0.0420 e.